The van der Waals surface area contributed by atoms with Gasteiger partial charge in [-0.2, -0.15) is 0 Å². The molecule has 0 radical (unpaired) electrons. The minimum absolute atomic E-state index is 0.0127. The van der Waals surface area contributed by atoms with Crippen LogP contribution in [0, 0.1) is 6.92 Å². The van der Waals surface area contributed by atoms with Gasteiger partial charge in [-0.3, -0.25) is 14.4 Å². The van der Waals surface area contributed by atoms with Crippen molar-refractivity contribution >= 4 is 17.8 Å². The quantitative estimate of drug-likeness (QED) is 0.473. The normalized spacial score (nSPS) is 11.6. The molecule has 1 aromatic carbocycles. The van der Waals surface area contributed by atoms with Gasteiger partial charge >= 0.3 is 5.97 Å². The Balaban J connectivity index is 2.66. The van der Waals surface area contributed by atoms with Gasteiger partial charge in [0.05, 0.1) is 0 Å². The molecule has 24 heavy (non-hydrogen) atoms. The predicted molar refractivity (Wildman–Crippen MR) is 88.6 cm³/mol. The second-order valence-corrected chi connectivity index (χ2v) is 5.55. The lowest BCUT2D eigenvalue weighted by molar-refractivity contribution is -0.137. The number of aryl methyl sites for hydroxylation is 1. The summed E-state index contributed by atoms with van der Waals surface area (Å²) in [5, 5.41) is 22.7. The lowest BCUT2D eigenvalue weighted by atomic mass is 10.1. The van der Waals surface area contributed by atoms with E-state index in [2.05, 4.69) is 10.6 Å². The molecule has 0 aliphatic rings. The van der Waals surface area contributed by atoms with E-state index in [1.165, 1.54) is 0 Å². The summed E-state index contributed by atoms with van der Waals surface area (Å²) in [6.07, 6.45) is 0.970. The first-order chi connectivity index (χ1) is 11.4. The number of rotatable bonds is 10. The molecule has 7 heteroatoms. The molecule has 1 rings (SSSR count). The van der Waals surface area contributed by atoms with Crippen molar-refractivity contribution in [1.82, 2.24) is 10.6 Å². The average molecular weight is 336 g/mol. The number of hydrogen-bond donors (Lipinski definition) is 4. The highest BCUT2D eigenvalue weighted by Gasteiger charge is 2.22. The molecule has 1 aromatic rings. The smallest absolute Gasteiger partial charge is 0.303 e. The van der Waals surface area contributed by atoms with E-state index in [1.807, 2.05) is 6.92 Å². The number of carbonyl (C=O) groups excluding carboxylic acids is 2. The number of carboxylic acids is 1. The van der Waals surface area contributed by atoms with E-state index in [0.29, 0.717) is 24.9 Å². The Morgan fingerprint density at radius 1 is 1.12 bits per heavy atom. The van der Waals surface area contributed by atoms with Gasteiger partial charge in [-0.25, -0.2) is 0 Å². The molecule has 0 fully saturated rings. The molecular formula is C17H24N2O5. The van der Waals surface area contributed by atoms with Crippen molar-refractivity contribution in [3.05, 3.63) is 35.4 Å². The first-order valence-corrected chi connectivity index (χ1v) is 7.92. The van der Waals surface area contributed by atoms with E-state index in [0.717, 1.165) is 5.56 Å². The second kappa shape index (κ2) is 10.4. The molecule has 0 aliphatic heterocycles. The molecule has 4 N–H and O–H groups in total. The standard InChI is InChI=1S/C17H24N2O5/c1-12-4-6-13(7-5-12)16(23)19-14(8-9-15(21)22)17(24)18-10-2-3-11-20/h4-7,14,20H,2-3,8-11H2,1H3,(H,18,24)(H,19,23)(H,21,22)/t14-/m0/s1. The van der Waals surface area contributed by atoms with E-state index in [9.17, 15) is 14.4 Å². The number of carbonyl (C=O) groups is 3. The summed E-state index contributed by atoms with van der Waals surface area (Å²) < 4.78 is 0. The molecule has 0 aliphatic carbocycles. The third kappa shape index (κ3) is 7.23. The number of benzene rings is 1. The van der Waals surface area contributed by atoms with Crippen LogP contribution in [-0.4, -0.2) is 47.2 Å². The predicted octanol–water partition coefficient (Wildman–Crippen LogP) is 0.847. The fraction of sp³-hybridized carbons (Fsp3) is 0.471. The number of unbranched alkanes of at least 4 members (excludes halogenated alkanes) is 1. The van der Waals surface area contributed by atoms with Crippen molar-refractivity contribution in [2.24, 2.45) is 0 Å². The number of nitrogens with one attached hydrogen (secondary N) is 2. The topological polar surface area (TPSA) is 116 Å². The summed E-state index contributed by atoms with van der Waals surface area (Å²) in [6, 6.07) is 5.96. The molecule has 2 amide bonds. The Morgan fingerprint density at radius 3 is 2.38 bits per heavy atom. The van der Waals surface area contributed by atoms with Gasteiger partial charge in [0.1, 0.15) is 6.04 Å². The Labute approximate surface area is 141 Å². The molecule has 7 nitrogen and oxygen atoms in total. The number of aliphatic hydroxyl groups excluding tert-OH is 1. The van der Waals surface area contributed by atoms with Crippen molar-refractivity contribution < 1.29 is 24.6 Å². The lowest BCUT2D eigenvalue weighted by Crippen LogP contribution is -2.47. The van der Waals surface area contributed by atoms with Gasteiger partial charge in [-0.1, -0.05) is 17.7 Å². The summed E-state index contributed by atoms with van der Waals surface area (Å²) in [5.41, 5.74) is 1.42. The van der Waals surface area contributed by atoms with Gasteiger partial charge in [0, 0.05) is 25.1 Å². The summed E-state index contributed by atoms with van der Waals surface area (Å²) >= 11 is 0. The zero-order chi connectivity index (χ0) is 17.9. The highest BCUT2D eigenvalue weighted by molar-refractivity contribution is 5.97. The molecular weight excluding hydrogens is 312 g/mol. The molecule has 0 spiro atoms. The van der Waals surface area contributed by atoms with E-state index < -0.39 is 23.8 Å². The maximum atomic E-state index is 12.2. The van der Waals surface area contributed by atoms with Crippen molar-refractivity contribution in [2.75, 3.05) is 13.2 Å². The van der Waals surface area contributed by atoms with Crippen LogP contribution < -0.4 is 10.6 Å². The van der Waals surface area contributed by atoms with E-state index in [-0.39, 0.29) is 19.4 Å². The number of amides is 2. The Hall–Kier alpha value is -2.41. The molecule has 0 saturated carbocycles. The lowest BCUT2D eigenvalue weighted by Gasteiger charge is -2.18. The Kier molecular flexibility index (Phi) is 8.49. The summed E-state index contributed by atoms with van der Waals surface area (Å²) in [6.45, 7) is 2.31. The zero-order valence-electron chi connectivity index (χ0n) is 13.7. The van der Waals surface area contributed by atoms with Gasteiger partial charge in [0.2, 0.25) is 5.91 Å². The summed E-state index contributed by atoms with van der Waals surface area (Å²) in [7, 11) is 0. The van der Waals surface area contributed by atoms with Crippen LogP contribution in [0.3, 0.4) is 0 Å². The highest BCUT2D eigenvalue weighted by atomic mass is 16.4. The first kappa shape index (κ1) is 19.6. The fourth-order valence-corrected chi connectivity index (χ4v) is 2.05. The third-order valence-electron chi connectivity index (χ3n) is 3.47. The van der Waals surface area contributed by atoms with Crippen LogP contribution in [0.4, 0.5) is 0 Å². The van der Waals surface area contributed by atoms with Crippen LogP contribution >= 0.6 is 0 Å². The second-order valence-electron chi connectivity index (χ2n) is 5.55. The van der Waals surface area contributed by atoms with Gasteiger partial charge in [0.25, 0.3) is 5.91 Å². The number of carboxylic acid groups (broad SMARTS) is 1. The minimum atomic E-state index is -1.03. The van der Waals surface area contributed by atoms with Crippen LogP contribution in [0.1, 0.15) is 41.6 Å². The van der Waals surface area contributed by atoms with Crippen molar-refractivity contribution in [1.29, 1.82) is 0 Å². The first-order valence-electron chi connectivity index (χ1n) is 7.92. The van der Waals surface area contributed by atoms with E-state index in [1.54, 1.807) is 24.3 Å². The Bertz CT molecular complexity index is 557. The van der Waals surface area contributed by atoms with Crippen LogP contribution in [0.15, 0.2) is 24.3 Å². The molecule has 132 valence electrons. The van der Waals surface area contributed by atoms with Gasteiger partial charge in [0.15, 0.2) is 0 Å². The van der Waals surface area contributed by atoms with Gasteiger partial charge < -0.3 is 20.8 Å². The zero-order valence-corrected chi connectivity index (χ0v) is 13.7. The van der Waals surface area contributed by atoms with Crippen molar-refractivity contribution in [2.45, 2.75) is 38.6 Å². The van der Waals surface area contributed by atoms with E-state index >= 15 is 0 Å². The van der Waals surface area contributed by atoms with E-state index in [4.69, 9.17) is 10.2 Å². The van der Waals surface area contributed by atoms with Crippen LogP contribution in [0.25, 0.3) is 0 Å². The summed E-state index contributed by atoms with van der Waals surface area (Å²) in [5.74, 6) is -1.87. The van der Waals surface area contributed by atoms with Crippen molar-refractivity contribution in [3.8, 4) is 0 Å². The van der Waals surface area contributed by atoms with Crippen LogP contribution in [-0.2, 0) is 9.59 Å². The maximum Gasteiger partial charge on any atom is 0.303 e. The number of aliphatic hydroxyl groups is 1. The fourth-order valence-electron chi connectivity index (χ4n) is 2.05. The van der Waals surface area contributed by atoms with Crippen molar-refractivity contribution in [3.63, 3.8) is 0 Å². The molecule has 0 aromatic heterocycles. The van der Waals surface area contributed by atoms with Gasteiger partial charge in [-0.15, -0.1) is 0 Å². The number of hydrogen-bond acceptors (Lipinski definition) is 4. The van der Waals surface area contributed by atoms with Gasteiger partial charge in [-0.05, 0) is 38.3 Å². The largest absolute Gasteiger partial charge is 0.481 e. The SMILES string of the molecule is Cc1ccc(C(=O)N[C@@H](CCC(=O)O)C(=O)NCCCCO)cc1. The highest BCUT2D eigenvalue weighted by Crippen LogP contribution is 2.05. The molecule has 1 atom stereocenters. The molecule has 0 saturated heterocycles. The number of aliphatic carboxylic acids is 1. The monoisotopic (exact) mass is 336 g/mol. The Morgan fingerprint density at radius 2 is 1.79 bits per heavy atom. The molecule has 0 bridgehead atoms. The maximum absolute atomic E-state index is 12.2. The van der Waals surface area contributed by atoms with Crippen LogP contribution in [0.5, 0.6) is 0 Å². The summed E-state index contributed by atoms with van der Waals surface area (Å²) in [4.78, 5) is 35.1. The van der Waals surface area contributed by atoms with Crippen LogP contribution in [0.2, 0.25) is 0 Å². The average Bonchev–Trinajstić information content (AvgIpc) is 2.55. The molecule has 0 unspecified atom stereocenters. The third-order valence-corrected chi connectivity index (χ3v) is 3.47. The molecule has 0 heterocycles. The minimum Gasteiger partial charge on any atom is -0.481 e.